The largest absolute Gasteiger partial charge is 0.121 e. The summed E-state index contributed by atoms with van der Waals surface area (Å²) >= 11 is 18.9. The quantitative estimate of drug-likeness (QED) is 0.631. The van der Waals surface area contributed by atoms with Crippen LogP contribution in [0.3, 0.4) is 0 Å². The van der Waals surface area contributed by atoms with Gasteiger partial charge in [-0.2, -0.15) is 0 Å². The van der Waals surface area contributed by atoms with Crippen LogP contribution in [-0.4, -0.2) is 11.5 Å². The summed E-state index contributed by atoms with van der Waals surface area (Å²) in [6.07, 6.45) is 0. The van der Waals surface area contributed by atoms with Crippen LogP contribution < -0.4 is 0 Å². The minimum Gasteiger partial charge on any atom is -0.104 e. The van der Waals surface area contributed by atoms with Crippen molar-refractivity contribution in [3.63, 3.8) is 0 Å². The molecule has 0 spiro atoms. The van der Waals surface area contributed by atoms with Gasteiger partial charge in [-0.3, -0.25) is 0 Å². The van der Waals surface area contributed by atoms with Crippen molar-refractivity contribution in [1.82, 2.24) is 0 Å². The Morgan fingerprint density at radius 3 is 1.58 bits per heavy atom. The molecule has 0 radical (unpaired) electrons. The monoisotopic (exact) mass is 312 g/mol. The van der Waals surface area contributed by atoms with E-state index in [0.29, 0.717) is 0 Å². The van der Waals surface area contributed by atoms with Gasteiger partial charge in [0.25, 0.3) is 0 Å². The number of hydrogen-bond donors (Lipinski definition) is 0. The molecule has 1 rings (SSSR count). The first-order valence-corrected chi connectivity index (χ1v) is 16.3. The van der Waals surface area contributed by atoms with Crippen LogP contribution in [0.5, 0.6) is 0 Å². The smallest absolute Gasteiger partial charge is 0.104 e. The molecular weight excluding hydrogens is 302 g/mol. The van der Waals surface area contributed by atoms with Crippen LogP contribution in [0.1, 0.15) is 13.8 Å². The maximum Gasteiger partial charge on any atom is 0.121 e. The van der Waals surface area contributed by atoms with E-state index in [0.717, 1.165) is 11.5 Å². The van der Waals surface area contributed by atoms with Crippen molar-refractivity contribution < 1.29 is 0 Å². The highest BCUT2D eigenvalue weighted by Crippen LogP contribution is 3.12. The predicted molar refractivity (Wildman–Crippen MR) is 80.0 cm³/mol. The Kier molecular flexibility index (Phi) is 5.49. The molecule has 1 heterocycles. The molecule has 1 saturated heterocycles. The second kappa shape index (κ2) is 5.16. The van der Waals surface area contributed by atoms with E-state index < -0.39 is 7.29 Å². The summed E-state index contributed by atoms with van der Waals surface area (Å²) in [6, 6.07) is 0. The fraction of sp³-hybridized carbons (Fsp3) is 1.00. The maximum absolute atomic E-state index is 5.54. The summed E-state index contributed by atoms with van der Waals surface area (Å²) < 4.78 is -2.27. The fourth-order valence-corrected chi connectivity index (χ4v) is 71.8. The van der Waals surface area contributed by atoms with Crippen LogP contribution in [0.4, 0.5) is 0 Å². The molecule has 0 atom stereocenters. The molecule has 0 aromatic rings. The van der Waals surface area contributed by atoms with Gasteiger partial charge in [0.15, 0.2) is 0 Å². The van der Waals surface area contributed by atoms with E-state index in [1.54, 1.807) is 0 Å². The van der Waals surface area contributed by atoms with Gasteiger partial charge >= 0.3 is 0 Å². The fourth-order valence-electron chi connectivity index (χ4n) is 0.662. The lowest BCUT2D eigenvalue weighted by molar-refractivity contribution is 1.54. The van der Waals surface area contributed by atoms with Gasteiger partial charge in [0.1, 0.15) is 7.29 Å². The van der Waals surface area contributed by atoms with Crippen molar-refractivity contribution in [3.8, 4) is 0 Å². The summed E-state index contributed by atoms with van der Waals surface area (Å²) in [6.45, 7) is 4.35. The van der Waals surface area contributed by atoms with Crippen molar-refractivity contribution >= 4 is 75.7 Å². The first kappa shape index (κ1) is 12.8. The third-order valence-corrected chi connectivity index (χ3v) is 43.3. The zero-order valence-corrected chi connectivity index (χ0v) is 13.4. The van der Waals surface area contributed by atoms with E-state index in [1.165, 1.54) is 0 Å². The Bertz CT molecular complexity index is 212. The highest BCUT2D eigenvalue weighted by molar-refractivity contribution is 9.63. The SMILES string of the molecule is CCSP1(=S)SP(=S)(SCC)S1. The van der Waals surface area contributed by atoms with Crippen molar-refractivity contribution in [3.05, 3.63) is 0 Å². The molecule has 0 amide bonds. The topological polar surface area (TPSA) is 0 Å². The van der Waals surface area contributed by atoms with Gasteiger partial charge < -0.3 is 0 Å². The Labute approximate surface area is 100 Å². The molecule has 0 nitrogen and oxygen atoms in total. The van der Waals surface area contributed by atoms with E-state index in [2.05, 4.69) is 13.8 Å². The van der Waals surface area contributed by atoms with E-state index in [9.17, 15) is 0 Å². The third kappa shape index (κ3) is 3.37. The second-order valence-corrected chi connectivity index (χ2v) is 32.6. The number of rotatable bonds is 4. The van der Waals surface area contributed by atoms with Crippen LogP contribution in [0.15, 0.2) is 0 Å². The average molecular weight is 312 g/mol. The van der Waals surface area contributed by atoms with Crippen LogP contribution in [0.2, 0.25) is 0 Å². The molecule has 72 valence electrons. The average Bonchev–Trinajstić information content (AvgIpc) is 1.84. The molecule has 8 heteroatoms. The molecule has 12 heavy (non-hydrogen) atoms. The molecule has 1 fully saturated rings. The van der Waals surface area contributed by atoms with Crippen molar-refractivity contribution in [1.29, 1.82) is 0 Å². The second-order valence-electron chi connectivity index (χ2n) is 1.89. The first-order valence-electron chi connectivity index (χ1n) is 3.45. The van der Waals surface area contributed by atoms with Gasteiger partial charge in [-0.15, -0.1) is 22.8 Å². The minimum absolute atomic E-state index is 1.14. The Balaban J connectivity index is 2.45. The Morgan fingerprint density at radius 1 is 1.00 bits per heavy atom. The molecule has 0 aromatic heterocycles. The van der Waals surface area contributed by atoms with Gasteiger partial charge in [0.2, 0.25) is 0 Å². The van der Waals surface area contributed by atoms with Gasteiger partial charge in [0.05, 0.1) is 0 Å². The van der Waals surface area contributed by atoms with Crippen molar-refractivity contribution in [2.45, 2.75) is 13.8 Å². The van der Waals surface area contributed by atoms with Gasteiger partial charge in [-0.05, 0) is 33.5 Å². The normalized spacial score (nSPS) is 40.8. The van der Waals surface area contributed by atoms with Gasteiger partial charge in [0, 0.05) is 0 Å². The summed E-state index contributed by atoms with van der Waals surface area (Å²) in [4.78, 5) is 0. The standard InChI is InChI=1S/C4H10P2S6/c1-3-9-5(7)11-6(8,12-5)10-4-2/h3-4H2,1-2H3. The summed E-state index contributed by atoms with van der Waals surface area (Å²) in [5, 5.41) is 0. The van der Waals surface area contributed by atoms with Crippen LogP contribution >= 0.6 is 52.1 Å². The van der Waals surface area contributed by atoms with Crippen LogP contribution in [-0.2, 0) is 23.6 Å². The minimum atomic E-state index is -1.14. The van der Waals surface area contributed by atoms with E-state index >= 15 is 0 Å². The van der Waals surface area contributed by atoms with Crippen LogP contribution in [0.25, 0.3) is 0 Å². The molecule has 1 aliphatic heterocycles. The Hall–Kier alpha value is 2.70. The zero-order valence-electron chi connectivity index (χ0n) is 6.76. The van der Waals surface area contributed by atoms with Gasteiger partial charge in [-0.1, -0.05) is 37.5 Å². The summed E-state index contributed by atoms with van der Waals surface area (Å²) in [5.41, 5.74) is 0. The molecule has 0 aliphatic carbocycles. The highest BCUT2D eigenvalue weighted by Gasteiger charge is 2.43. The summed E-state index contributed by atoms with van der Waals surface area (Å²) in [5.74, 6) is 2.28. The lowest BCUT2D eigenvalue weighted by Crippen LogP contribution is -1.77. The summed E-state index contributed by atoms with van der Waals surface area (Å²) in [7, 11) is 0. The molecule has 0 bridgehead atoms. The van der Waals surface area contributed by atoms with Crippen LogP contribution in [0, 0.1) is 0 Å². The highest BCUT2D eigenvalue weighted by atomic mass is 33.9. The molecule has 0 N–H and O–H groups in total. The van der Waals surface area contributed by atoms with Crippen molar-refractivity contribution in [2.75, 3.05) is 11.5 Å². The lowest BCUT2D eigenvalue weighted by atomic mass is 11.0. The van der Waals surface area contributed by atoms with E-state index in [1.807, 2.05) is 44.8 Å². The zero-order chi connectivity index (χ0) is 9.24. The van der Waals surface area contributed by atoms with E-state index in [4.69, 9.17) is 23.6 Å². The maximum atomic E-state index is 5.54. The molecule has 0 unspecified atom stereocenters. The number of hydrogen-bond acceptors (Lipinski definition) is 6. The molecular formula is C4H10P2S6. The first-order chi connectivity index (χ1) is 5.54. The molecule has 1 aliphatic rings. The van der Waals surface area contributed by atoms with E-state index in [-0.39, 0.29) is 0 Å². The lowest BCUT2D eigenvalue weighted by Gasteiger charge is -2.38. The van der Waals surface area contributed by atoms with Crippen molar-refractivity contribution in [2.24, 2.45) is 0 Å². The molecule has 0 aromatic carbocycles. The third-order valence-electron chi connectivity index (χ3n) is 0.974. The Morgan fingerprint density at radius 2 is 1.33 bits per heavy atom. The molecule has 0 saturated carbocycles. The predicted octanol–water partition coefficient (Wildman–Crippen LogP) is 5.42. The van der Waals surface area contributed by atoms with Gasteiger partial charge in [-0.25, -0.2) is 0 Å².